The van der Waals surface area contributed by atoms with E-state index >= 15 is 4.11 Å². The Kier molecular flexibility index (Phi) is 11.7. The fraction of sp³-hybridized carbons (Fsp3) is 0.475. The van der Waals surface area contributed by atoms with Gasteiger partial charge in [-0.25, -0.2) is 0 Å². The van der Waals surface area contributed by atoms with Gasteiger partial charge in [-0.3, -0.25) is 19.3 Å². The maximum atomic E-state index is 16.4. The summed E-state index contributed by atoms with van der Waals surface area (Å²) in [7, 11) is -3.56. The van der Waals surface area contributed by atoms with Gasteiger partial charge in [0.1, 0.15) is 5.75 Å². The van der Waals surface area contributed by atoms with E-state index in [0.717, 1.165) is 11.1 Å². The zero-order chi connectivity index (χ0) is 37.9. The van der Waals surface area contributed by atoms with Crippen molar-refractivity contribution in [1.29, 1.82) is 0 Å². The molecule has 5 atom stereocenters. The molecule has 3 amide bonds. The number of nitrogens with zero attached hydrogens (tertiary/aromatic N) is 2. The van der Waals surface area contributed by atoms with E-state index < -0.39 is 43.5 Å². The van der Waals surface area contributed by atoms with Crippen molar-refractivity contribution < 1.29 is 38.2 Å². The average Bonchev–Trinajstić information content (AvgIpc) is 3.58. The first-order chi connectivity index (χ1) is 25.4. The van der Waals surface area contributed by atoms with E-state index in [-0.39, 0.29) is 44.5 Å². The summed E-state index contributed by atoms with van der Waals surface area (Å²) in [6.45, 7) is 8.16. The van der Waals surface area contributed by atoms with E-state index in [2.05, 4.69) is 10.6 Å². The van der Waals surface area contributed by atoms with Crippen molar-refractivity contribution in [3.63, 3.8) is 0 Å². The van der Waals surface area contributed by atoms with Gasteiger partial charge in [0.25, 0.3) is 5.91 Å². The quantitative estimate of drug-likeness (QED) is 0.0949. The molecule has 3 aliphatic heterocycles. The Balaban J connectivity index is 1.36. The third-order valence-corrected chi connectivity index (χ3v) is 13.3. The molecule has 11 nitrogen and oxygen atoms in total. The van der Waals surface area contributed by atoms with Gasteiger partial charge in [0.15, 0.2) is 5.60 Å². The molecule has 3 heterocycles. The molecule has 0 aliphatic carbocycles. The molecule has 0 radical (unpaired) electrons. The van der Waals surface area contributed by atoms with Crippen LogP contribution in [0.1, 0.15) is 49.8 Å². The van der Waals surface area contributed by atoms with Gasteiger partial charge in [0.05, 0.1) is 37.5 Å². The first kappa shape index (κ1) is 38.6. The summed E-state index contributed by atoms with van der Waals surface area (Å²) in [6, 6.07) is 19.9. The summed E-state index contributed by atoms with van der Waals surface area (Å²) in [5.41, 5.74) is 1.73. The maximum absolute atomic E-state index is 16.4. The number of aliphatic hydroxyl groups excluding tert-OH is 2. The molecule has 13 heteroatoms. The van der Waals surface area contributed by atoms with Gasteiger partial charge < -0.3 is 39.3 Å². The molecule has 1 spiro atoms. The summed E-state index contributed by atoms with van der Waals surface area (Å²) < 4.78 is 29.0. The Morgan fingerprint density at radius 2 is 1.87 bits per heavy atom. The number of ether oxygens (including phenoxy) is 2. The highest BCUT2D eigenvalue weighted by Crippen LogP contribution is 2.59. The van der Waals surface area contributed by atoms with E-state index in [1.165, 1.54) is 0 Å². The largest absolute Gasteiger partial charge is 0.494 e. The number of hydrogen-bond donors (Lipinski definition) is 4. The molecule has 1 fully saturated rings. The Labute approximate surface area is 311 Å². The Hall–Kier alpha value is -4.14. The molecule has 4 N–H and O–H groups in total. The molecule has 3 aromatic carbocycles. The van der Waals surface area contributed by atoms with Crippen LogP contribution in [-0.2, 0) is 37.7 Å². The Morgan fingerprint density at radius 3 is 2.57 bits per heavy atom. The molecule has 6 rings (SSSR count). The first-order valence-corrected chi connectivity index (χ1v) is 21.6. The third-order valence-electron chi connectivity index (χ3n) is 10.8. The standard InChI is InChI=1S/C40H51FN4O7Si/c1-5-51-30-14-16-34-28(21-30)22-33(42-17-9-10-19-46)38(49)45(34)29-13-15-32-31(23-29)40(39(50)43-32)26(2)37(53(3,4)41)35(52-40)24-36(48)44(18-20-47)25-27-11-7-6-8-12-27/h6-8,11-16,21,23,26,33,35,37,42,46-47H,5,9-10,17-20,22,24-25H2,1-4H3,(H,43,50)/t26-,33?,35+,37-,40+/m1/s1. The third kappa shape index (κ3) is 7.63. The lowest BCUT2D eigenvalue weighted by Gasteiger charge is -2.36. The number of anilines is 3. The van der Waals surface area contributed by atoms with Gasteiger partial charge in [-0.15, -0.1) is 0 Å². The summed E-state index contributed by atoms with van der Waals surface area (Å²) in [5.74, 6) is -0.836. The van der Waals surface area contributed by atoms with E-state index in [1.807, 2.05) is 62.4 Å². The van der Waals surface area contributed by atoms with E-state index in [4.69, 9.17) is 9.47 Å². The van der Waals surface area contributed by atoms with E-state index in [9.17, 15) is 24.6 Å². The topological polar surface area (TPSA) is 141 Å². The van der Waals surface area contributed by atoms with Crippen LogP contribution >= 0.6 is 0 Å². The van der Waals surface area contributed by atoms with Crippen molar-refractivity contribution in [3.8, 4) is 5.75 Å². The summed E-state index contributed by atoms with van der Waals surface area (Å²) in [4.78, 5) is 45.5. The van der Waals surface area contributed by atoms with Crippen LogP contribution in [0.3, 0.4) is 0 Å². The van der Waals surface area contributed by atoms with Gasteiger partial charge >= 0.3 is 0 Å². The van der Waals surface area contributed by atoms with Crippen molar-refractivity contribution in [2.45, 2.75) is 82.5 Å². The summed E-state index contributed by atoms with van der Waals surface area (Å²) in [6.07, 6.45) is 0.719. The molecule has 0 aromatic heterocycles. The smallest absolute Gasteiger partial charge is 0.261 e. The van der Waals surface area contributed by atoms with Crippen molar-refractivity contribution in [3.05, 3.63) is 83.4 Å². The lowest BCUT2D eigenvalue weighted by atomic mass is 9.82. The van der Waals surface area contributed by atoms with Crippen LogP contribution in [0.25, 0.3) is 0 Å². The number of unbranched alkanes of at least 4 members (excludes halogenated alkanes) is 1. The molecule has 3 aromatic rings. The molecule has 284 valence electrons. The summed E-state index contributed by atoms with van der Waals surface area (Å²) in [5, 5.41) is 25.4. The zero-order valence-electron chi connectivity index (χ0n) is 30.9. The normalized spacial score (nSPS) is 23.6. The van der Waals surface area contributed by atoms with Crippen LogP contribution in [0.2, 0.25) is 18.6 Å². The Bertz CT molecular complexity index is 1810. The van der Waals surface area contributed by atoms with Crippen molar-refractivity contribution in [2.24, 2.45) is 5.92 Å². The number of carbonyl (C=O) groups excluding carboxylic acids is 3. The van der Waals surface area contributed by atoms with Gasteiger partial charge in [-0.2, -0.15) is 0 Å². The number of aliphatic hydroxyl groups is 2. The number of carbonyl (C=O) groups is 3. The fourth-order valence-corrected chi connectivity index (χ4v) is 10.9. The summed E-state index contributed by atoms with van der Waals surface area (Å²) >= 11 is 0. The minimum absolute atomic E-state index is 0.0731. The number of benzene rings is 3. The molecule has 0 bridgehead atoms. The fourth-order valence-electron chi connectivity index (χ4n) is 8.43. The minimum Gasteiger partial charge on any atom is -0.494 e. The van der Waals surface area contributed by atoms with Crippen molar-refractivity contribution in [1.82, 2.24) is 10.2 Å². The molecule has 3 aliphatic rings. The highest BCUT2D eigenvalue weighted by Gasteiger charge is 2.65. The highest BCUT2D eigenvalue weighted by atomic mass is 28.4. The average molecular weight is 747 g/mol. The van der Waals surface area contributed by atoms with Crippen LogP contribution in [0, 0.1) is 5.92 Å². The highest BCUT2D eigenvalue weighted by molar-refractivity contribution is 6.72. The second-order valence-electron chi connectivity index (χ2n) is 14.7. The van der Waals surface area contributed by atoms with Crippen LogP contribution in [0.4, 0.5) is 21.2 Å². The molecule has 1 unspecified atom stereocenters. The number of rotatable bonds is 15. The monoisotopic (exact) mass is 746 g/mol. The first-order valence-electron chi connectivity index (χ1n) is 18.6. The molecular weight excluding hydrogens is 696 g/mol. The zero-order valence-corrected chi connectivity index (χ0v) is 31.9. The molecule has 1 saturated heterocycles. The SMILES string of the molecule is CCOc1ccc2c(c1)CC(NCCCCO)C(=O)N2c1ccc2c(c1)[C@]1(O[C@@H](CC(=O)N(CCO)Cc3ccccc3)[C@H]([Si](C)(C)F)[C@H]1C)C(=O)N2. The van der Waals surface area contributed by atoms with E-state index in [0.29, 0.717) is 60.8 Å². The van der Waals surface area contributed by atoms with Gasteiger partial charge in [0, 0.05) is 48.1 Å². The van der Waals surface area contributed by atoms with Crippen LogP contribution in [0.5, 0.6) is 5.75 Å². The number of fused-ring (bicyclic) bond motifs is 3. The molecule has 53 heavy (non-hydrogen) atoms. The van der Waals surface area contributed by atoms with E-state index in [1.54, 1.807) is 41.1 Å². The predicted octanol–water partition coefficient (Wildman–Crippen LogP) is 5.18. The second kappa shape index (κ2) is 16.1. The number of nitrogens with one attached hydrogen (secondary N) is 2. The van der Waals surface area contributed by atoms with Gasteiger partial charge in [0.2, 0.25) is 20.2 Å². The van der Waals surface area contributed by atoms with Crippen molar-refractivity contribution >= 4 is 43.2 Å². The van der Waals surface area contributed by atoms with Gasteiger partial charge in [-0.1, -0.05) is 37.3 Å². The minimum atomic E-state index is -3.56. The van der Waals surface area contributed by atoms with Crippen molar-refractivity contribution in [2.75, 3.05) is 43.1 Å². The van der Waals surface area contributed by atoms with Crippen LogP contribution < -0.4 is 20.3 Å². The molecular formula is C40H51FN4O7Si. The number of halogens is 1. The number of hydrogen-bond acceptors (Lipinski definition) is 8. The number of amides is 3. The van der Waals surface area contributed by atoms with Gasteiger partial charge in [-0.05, 0) is 93.4 Å². The lowest BCUT2D eigenvalue weighted by molar-refractivity contribution is -0.148. The van der Waals surface area contributed by atoms with Crippen LogP contribution in [0.15, 0.2) is 66.7 Å². The molecule has 0 saturated carbocycles. The van der Waals surface area contributed by atoms with Crippen LogP contribution in [-0.4, -0.2) is 86.3 Å². The Morgan fingerprint density at radius 1 is 1.09 bits per heavy atom. The second-order valence-corrected chi connectivity index (χ2v) is 18.5. The predicted molar refractivity (Wildman–Crippen MR) is 203 cm³/mol. The maximum Gasteiger partial charge on any atom is 0.261 e. The lowest BCUT2D eigenvalue weighted by Crippen LogP contribution is -2.49.